The average Bonchev–Trinajstić information content (AvgIpc) is 3.26. The van der Waals surface area contributed by atoms with Gasteiger partial charge < -0.3 is 5.32 Å². The molecule has 1 atom stereocenters. The molecule has 26 heavy (non-hydrogen) atoms. The van der Waals surface area contributed by atoms with E-state index in [4.69, 9.17) is 0 Å². The van der Waals surface area contributed by atoms with Crippen LogP contribution in [0.5, 0.6) is 0 Å². The van der Waals surface area contributed by atoms with Gasteiger partial charge in [-0.25, -0.2) is 8.42 Å². The molecule has 0 aromatic carbocycles. The maximum atomic E-state index is 12.5. The van der Waals surface area contributed by atoms with Crippen molar-refractivity contribution in [3.05, 3.63) is 33.3 Å². The van der Waals surface area contributed by atoms with E-state index in [2.05, 4.69) is 15.5 Å². The van der Waals surface area contributed by atoms with Gasteiger partial charge in [-0.2, -0.15) is 9.40 Å². The lowest BCUT2D eigenvalue weighted by Gasteiger charge is -2.29. The summed E-state index contributed by atoms with van der Waals surface area (Å²) in [6.45, 7) is 0.263. The molecule has 9 heteroatoms. The Hall–Kier alpha value is -1.71. The first-order valence-corrected chi connectivity index (χ1v) is 11.2. The van der Waals surface area contributed by atoms with Gasteiger partial charge >= 0.3 is 0 Å². The number of likely N-dealkylation sites (N-methyl/N-ethyl adjacent to an activating group) is 1. The molecule has 0 radical (unpaired) electrons. The van der Waals surface area contributed by atoms with E-state index in [0.29, 0.717) is 22.6 Å². The number of aromatic amines is 1. The highest BCUT2D eigenvalue weighted by Crippen LogP contribution is 2.35. The molecule has 1 unspecified atom stereocenters. The van der Waals surface area contributed by atoms with Crippen molar-refractivity contribution in [2.75, 3.05) is 13.6 Å². The Morgan fingerprint density at radius 1 is 1.42 bits per heavy atom. The van der Waals surface area contributed by atoms with E-state index >= 15 is 0 Å². The van der Waals surface area contributed by atoms with Crippen molar-refractivity contribution in [2.45, 2.75) is 49.5 Å². The minimum atomic E-state index is -3.43. The number of sulfonamides is 1. The van der Waals surface area contributed by atoms with E-state index < -0.39 is 10.0 Å². The predicted octanol–water partition coefficient (Wildman–Crippen LogP) is 1.77. The predicted molar refractivity (Wildman–Crippen MR) is 98.6 cm³/mol. The molecule has 0 saturated heterocycles. The summed E-state index contributed by atoms with van der Waals surface area (Å²) in [6.07, 6.45) is 5.40. The Labute approximate surface area is 156 Å². The van der Waals surface area contributed by atoms with Crippen molar-refractivity contribution in [1.29, 1.82) is 0 Å². The van der Waals surface area contributed by atoms with E-state index in [-0.39, 0.29) is 18.5 Å². The third-order valence-corrected chi connectivity index (χ3v) is 8.21. The van der Waals surface area contributed by atoms with Gasteiger partial charge in [-0.15, -0.1) is 11.3 Å². The van der Waals surface area contributed by atoms with Crippen LogP contribution in [0.25, 0.3) is 0 Å². The Balaban J connectivity index is 1.42. The van der Waals surface area contributed by atoms with E-state index in [1.165, 1.54) is 39.7 Å². The number of H-pyrrole nitrogens is 1. The molecule has 3 heterocycles. The second-order valence-electron chi connectivity index (χ2n) is 6.89. The van der Waals surface area contributed by atoms with Gasteiger partial charge in [-0.1, -0.05) is 0 Å². The van der Waals surface area contributed by atoms with Gasteiger partial charge in [0.2, 0.25) is 15.9 Å². The quantitative estimate of drug-likeness (QED) is 0.826. The summed E-state index contributed by atoms with van der Waals surface area (Å²) in [4.78, 5) is 13.5. The normalized spacial score (nSPS) is 21.8. The second-order valence-corrected chi connectivity index (χ2v) is 9.85. The number of carbonyl (C=O) groups excluding carboxylic acids is 1. The Bertz CT molecular complexity index is 932. The maximum absolute atomic E-state index is 12.5. The summed E-state index contributed by atoms with van der Waals surface area (Å²) < 4.78 is 25.9. The molecule has 7 nitrogen and oxygen atoms in total. The van der Waals surface area contributed by atoms with Crippen molar-refractivity contribution >= 4 is 27.3 Å². The molecule has 0 spiro atoms. The third-order valence-electron chi connectivity index (χ3n) is 5.17. The molecule has 4 rings (SSSR count). The van der Waals surface area contributed by atoms with Crippen molar-refractivity contribution in [2.24, 2.45) is 0 Å². The number of rotatable bonds is 4. The van der Waals surface area contributed by atoms with E-state index in [1.54, 1.807) is 18.5 Å². The maximum Gasteiger partial charge on any atom is 0.244 e. The van der Waals surface area contributed by atoms with Crippen molar-refractivity contribution in [3.8, 4) is 0 Å². The Morgan fingerprint density at radius 2 is 2.23 bits per heavy atom. The zero-order valence-electron chi connectivity index (χ0n) is 14.6. The second kappa shape index (κ2) is 6.79. The van der Waals surface area contributed by atoms with Gasteiger partial charge in [0.25, 0.3) is 0 Å². The topological polar surface area (TPSA) is 95.2 Å². The smallest absolute Gasteiger partial charge is 0.244 e. The molecule has 2 aromatic heterocycles. The van der Waals surface area contributed by atoms with Crippen molar-refractivity contribution in [1.82, 2.24) is 19.8 Å². The minimum Gasteiger partial charge on any atom is -0.347 e. The molecule has 1 amide bonds. The van der Waals surface area contributed by atoms with Crippen LogP contribution in [0.15, 0.2) is 16.3 Å². The van der Waals surface area contributed by atoms with Gasteiger partial charge in [0.1, 0.15) is 0 Å². The molecular formula is C17H22N4O3S2. The zero-order chi connectivity index (χ0) is 18.3. The highest BCUT2D eigenvalue weighted by molar-refractivity contribution is 7.89. The zero-order valence-corrected chi connectivity index (χ0v) is 16.3. The van der Waals surface area contributed by atoms with Crippen LogP contribution in [-0.2, 0) is 34.1 Å². The summed E-state index contributed by atoms with van der Waals surface area (Å²) in [5, 5.41) is 12.2. The molecule has 0 bridgehead atoms. The Kier molecular flexibility index (Phi) is 4.62. The van der Waals surface area contributed by atoms with E-state index in [9.17, 15) is 13.2 Å². The largest absolute Gasteiger partial charge is 0.347 e. The molecule has 0 fully saturated rings. The molecule has 140 valence electrons. The van der Waals surface area contributed by atoms with Gasteiger partial charge in [0.15, 0.2) is 0 Å². The molecule has 0 saturated carbocycles. The van der Waals surface area contributed by atoms with Gasteiger partial charge in [0.05, 0.1) is 16.6 Å². The Morgan fingerprint density at radius 3 is 3.08 bits per heavy atom. The molecule has 2 aliphatic rings. The van der Waals surface area contributed by atoms with Gasteiger partial charge in [-0.3, -0.25) is 9.89 Å². The molecular weight excluding hydrogens is 372 g/mol. The van der Waals surface area contributed by atoms with Crippen molar-refractivity contribution in [3.63, 3.8) is 0 Å². The van der Waals surface area contributed by atoms with Crippen LogP contribution in [0.4, 0.5) is 0 Å². The molecule has 1 aliphatic heterocycles. The summed E-state index contributed by atoms with van der Waals surface area (Å²) in [6, 6.07) is 1.32. The number of amides is 1. The molecule has 2 N–H and O–H groups in total. The minimum absolute atomic E-state index is 0.0744. The van der Waals surface area contributed by atoms with E-state index in [1.807, 2.05) is 0 Å². The monoisotopic (exact) mass is 394 g/mol. The van der Waals surface area contributed by atoms with Crippen LogP contribution in [0.2, 0.25) is 0 Å². The summed E-state index contributed by atoms with van der Waals surface area (Å²) in [5.74, 6) is -0.0744. The first-order chi connectivity index (χ1) is 12.5. The standard InChI is InChI=1S/C17H22N4O3S2/c1-21-10-14(17-15(8-9-25-17)26(21,23)24)18-16(22)7-6-13-11-4-2-3-5-12(11)19-20-13/h8-9,14H,2-7,10H2,1H3,(H,18,22)(H,19,20). The lowest BCUT2D eigenvalue weighted by molar-refractivity contribution is -0.121. The van der Waals surface area contributed by atoms with E-state index in [0.717, 1.165) is 18.5 Å². The number of hydrogen-bond acceptors (Lipinski definition) is 5. The highest BCUT2D eigenvalue weighted by atomic mass is 32.2. The van der Waals surface area contributed by atoms with Crippen LogP contribution in [0.3, 0.4) is 0 Å². The SMILES string of the molecule is CN1CC(NC(=O)CCc2n[nH]c3c2CCCC3)c2sccc2S1(=O)=O. The first-order valence-electron chi connectivity index (χ1n) is 8.85. The number of thiophene rings is 1. The van der Waals surface area contributed by atoms with Crippen molar-refractivity contribution < 1.29 is 13.2 Å². The lowest BCUT2D eigenvalue weighted by atomic mass is 9.94. The summed E-state index contributed by atoms with van der Waals surface area (Å²) in [7, 11) is -1.88. The van der Waals surface area contributed by atoms with Crippen LogP contribution in [-0.4, -0.2) is 42.4 Å². The number of aromatic nitrogens is 2. The number of fused-ring (bicyclic) bond motifs is 2. The summed E-state index contributed by atoms with van der Waals surface area (Å²) >= 11 is 1.38. The number of aryl methyl sites for hydroxylation is 2. The molecule has 2 aromatic rings. The third kappa shape index (κ3) is 3.08. The highest BCUT2D eigenvalue weighted by Gasteiger charge is 2.36. The fourth-order valence-electron chi connectivity index (χ4n) is 3.75. The van der Waals surface area contributed by atoms with Crippen LogP contribution >= 0.6 is 11.3 Å². The first kappa shape index (κ1) is 17.7. The number of nitrogens with one attached hydrogen (secondary N) is 2. The van der Waals surface area contributed by atoms with Crippen LogP contribution in [0.1, 0.15) is 47.1 Å². The van der Waals surface area contributed by atoms with Crippen LogP contribution in [0, 0.1) is 0 Å². The van der Waals surface area contributed by atoms with Gasteiger partial charge in [0, 0.05) is 37.0 Å². The number of nitrogens with zero attached hydrogens (tertiary/aromatic N) is 2. The fourth-order valence-corrected chi connectivity index (χ4v) is 6.45. The lowest BCUT2D eigenvalue weighted by Crippen LogP contribution is -2.42. The number of hydrogen-bond donors (Lipinski definition) is 2. The fraction of sp³-hybridized carbons (Fsp3) is 0.529. The van der Waals surface area contributed by atoms with Crippen LogP contribution < -0.4 is 5.32 Å². The van der Waals surface area contributed by atoms with Gasteiger partial charge in [-0.05, 0) is 42.7 Å². The number of carbonyl (C=O) groups is 1. The molecule has 1 aliphatic carbocycles. The average molecular weight is 395 g/mol. The summed E-state index contributed by atoms with van der Waals surface area (Å²) in [5.41, 5.74) is 3.50.